The van der Waals surface area contributed by atoms with Crippen LogP contribution < -0.4 is 10.5 Å². The van der Waals surface area contributed by atoms with Crippen LogP contribution in [0.15, 0.2) is 48.5 Å². The lowest BCUT2D eigenvalue weighted by atomic mass is 9.97. The van der Waals surface area contributed by atoms with Crippen molar-refractivity contribution in [2.24, 2.45) is 5.73 Å². The van der Waals surface area contributed by atoms with Gasteiger partial charge in [-0.1, -0.05) is 48.0 Å². The molecule has 0 amide bonds. The number of hydrogen-bond acceptors (Lipinski definition) is 3. The van der Waals surface area contributed by atoms with Crippen molar-refractivity contribution in [3.63, 3.8) is 0 Å². The summed E-state index contributed by atoms with van der Waals surface area (Å²) in [7, 11) is 0. The quantitative estimate of drug-likeness (QED) is 0.813. The van der Waals surface area contributed by atoms with Gasteiger partial charge in [-0.25, -0.2) is 0 Å². The highest BCUT2D eigenvalue weighted by molar-refractivity contribution is 6.32. The van der Waals surface area contributed by atoms with E-state index in [2.05, 4.69) is 4.74 Å². The van der Waals surface area contributed by atoms with Crippen molar-refractivity contribution in [2.45, 2.75) is 24.9 Å². The average Bonchev–Trinajstić information content (AvgIpc) is 2.48. The first-order valence-electron chi connectivity index (χ1n) is 6.79. The van der Waals surface area contributed by atoms with Gasteiger partial charge in [-0.2, -0.15) is 0 Å². The maximum Gasteiger partial charge on any atom is 0.573 e. The van der Waals surface area contributed by atoms with Gasteiger partial charge in [0.05, 0.1) is 17.2 Å². The molecule has 2 aromatic carbocycles. The van der Waals surface area contributed by atoms with Crippen LogP contribution >= 0.6 is 24.0 Å². The summed E-state index contributed by atoms with van der Waals surface area (Å²) in [5.41, 5.74) is 7.29. The van der Waals surface area contributed by atoms with Crippen LogP contribution in [0.3, 0.4) is 0 Å². The van der Waals surface area contributed by atoms with Crippen molar-refractivity contribution in [3.8, 4) is 5.75 Å². The molecule has 24 heavy (non-hydrogen) atoms. The Kier molecular flexibility index (Phi) is 7.35. The van der Waals surface area contributed by atoms with Gasteiger partial charge in [-0.3, -0.25) is 0 Å². The van der Waals surface area contributed by atoms with Crippen LogP contribution in [0.1, 0.15) is 17.2 Å². The van der Waals surface area contributed by atoms with E-state index in [4.69, 9.17) is 17.3 Å². The lowest BCUT2D eigenvalue weighted by Crippen LogP contribution is -2.28. The summed E-state index contributed by atoms with van der Waals surface area (Å²) >= 11 is 5.78. The summed E-state index contributed by atoms with van der Waals surface area (Å²) in [5, 5.41) is 9.97. The Hall–Kier alpha value is -1.47. The molecule has 3 nitrogen and oxygen atoms in total. The second-order valence-electron chi connectivity index (χ2n) is 5.02. The number of hydrogen-bond donors (Lipinski definition) is 2. The minimum atomic E-state index is -4.82. The Morgan fingerprint density at radius 1 is 1.12 bits per heavy atom. The fourth-order valence-corrected chi connectivity index (χ4v) is 2.36. The highest BCUT2D eigenvalue weighted by Crippen LogP contribution is 2.32. The van der Waals surface area contributed by atoms with Crippen LogP contribution in [0.2, 0.25) is 5.02 Å². The number of aliphatic hydroxyl groups excluding tert-OH is 1. The van der Waals surface area contributed by atoms with Crippen LogP contribution in [0, 0.1) is 0 Å². The van der Waals surface area contributed by atoms with Crippen LogP contribution in [0.5, 0.6) is 5.75 Å². The van der Waals surface area contributed by atoms with Crippen molar-refractivity contribution in [2.75, 3.05) is 0 Å². The molecule has 0 spiro atoms. The van der Waals surface area contributed by atoms with E-state index in [-0.39, 0.29) is 17.4 Å². The molecule has 0 heterocycles. The predicted molar refractivity (Wildman–Crippen MR) is 88.5 cm³/mol. The molecule has 8 heteroatoms. The molecule has 0 unspecified atom stereocenters. The van der Waals surface area contributed by atoms with E-state index >= 15 is 0 Å². The maximum atomic E-state index is 12.2. The third-order valence-corrected chi connectivity index (χ3v) is 3.56. The molecule has 0 aromatic heterocycles. The molecule has 0 aliphatic carbocycles. The van der Waals surface area contributed by atoms with Crippen molar-refractivity contribution in [3.05, 3.63) is 64.7 Å². The molecule has 0 bridgehead atoms. The summed E-state index contributed by atoms with van der Waals surface area (Å²) in [6.45, 7) is 0. The van der Waals surface area contributed by atoms with E-state index in [0.29, 0.717) is 12.0 Å². The first-order chi connectivity index (χ1) is 10.8. The summed E-state index contributed by atoms with van der Waals surface area (Å²) in [6, 6.07) is 12.2. The van der Waals surface area contributed by atoms with E-state index in [1.54, 1.807) is 0 Å². The smallest absolute Gasteiger partial charge is 0.404 e. The molecule has 3 N–H and O–H groups in total. The minimum Gasteiger partial charge on any atom is -0.404 e. The standard InChI is InChI=1S/C16H15ClF3NO2.ClH/c17-12-9-11(6-7-14(12)23-16(18,19)20)15(21)13(22)8-10-4-2-1-3-5-10;/h1-7,9,13,15,22H,8,21H2;1H/t13-,15+;/m1./s1. The second-order valence-corrected chi connectivity index (χ2v) is 5.43. The number of nitrogens with two attached hydrogens (primary N) is 1. The number of halogens is 5. The number of aliphatic hydroxyl groups is 1. The van der Waals surface area contributed by atoms with Crippen molar-refractivity contribution >= 4 is 24.0 Å². The molecular weight excluding hydrogens is 366 g/mol. The average molecular weight is 382 g/mol. The Labute approximate surface area is 148 Å². The maximum absolute atomic E-state index is 12.2. The zero-order valence-electron chi connectivity index (χ0n) is 12.3. The summed E-state index contributed by atoms with van der Waals surface area (Å²) < 4.78 is 40.4. The van der Waals surface area contributed by atoms with E-state index < -0.39 is 24.3 Å². The minimum absolute atomic E-state index is 0. The molecule has 0 aliphatic rings. The van der Waals surface area contributed by atoms with Crippen molar-refractivity contribution < 1.29 is 23.0 Å². The Morgan fingerprint density at radius 2 is 1.75 bits per heavy atom. The molecule has 0 saturated carbocycles. The van der Waals surface area contributed by atoms with Crippen molar-refractivity contribution in [1.29, 1.82) is 0 Å². The lowest BCUT2D eigenvalue weighted by Gasteiger charge is -2.20. The monoisotopic (exact) mass is 381 g/mol. The fourth-order valence-electron chi connectivity index (χ4n) is 2.14. The first kappa shape index (κ1) is 20.6. The van der Waals surface area contributed by atoms with Gasteiger partial charge in [0, 0.05) is 6.42 Å². The van der Waals surface area contributed by atoms with Crippen LogP contribution in [0.4, 0.5) is 13.2 Å². The van der Waals surface area contributed by atoms with E-state index in [1.165, 1.54) is 12.1 Å². The molecule has 2 atom stereocenters. The van der Waals surface area contributed by atoms with Crippen LogP contribution in [-0.4, -0.2) is 17.6 Å². The van der Waals surface area contributed by atoms with E-state index in [9.17, 15) is 18.3 Å². The Balaban J connectivity index is 0.00000288. The molecule has 0 fully saturated rings. The Morgan fingerprint density at radius 3 is 2.29 bits per heavy atom. The number of alkyl halides is 3. The van der Waals surface area contributed by atoms with Crippen LogP contribution in [0.25, 0.3) is 0 Å². The zero-order valence-corrected chi connectivity index (χ0v) is 13.9. The predicted octanol–water partition coefficient (Wildman–Crippen LogP) is 4.26. The molecule has 0 radical (unpaired) electrons. The highest BCUT2D eigenvalue weighted by Gasteiger charge is 2.32. The van der Waals surface area contributed by atoms with E-state index in [0.717, 1.165) is 11.6 Å². The third kappa shape index (κ3) is 5.87. The second kappa shape index (κ2) is 8.58. The molecular formula is C16H16Cl2F3NO2. The van der Waals surface area contributed by atoms with Gasteiger partial charge >= 0.3 is 6.36 Å². The zero-order chi connectivity index (χ0) is 17.0. The van der Waals surface area contributed by atoms with Gasteiger partial charge in [-0.05, 0) is 23.3 Å². The molecule has 2 rings (SSSR count). The number of ether oxygens (including phenoxy) is 1. The topological polar surface area (TPSA) is 55.5 Å². The van der Waals surface area contributed by atoms with E-state index in [1.807, 2.05) is 30.3 Å². The molecule has 0 saturated heterocycles. The van der Waals surface area contributed by atoms with Gasteiger partial charge in [-0.15, -0.1) is 25.6 Å². The SMILES string of the molecule is Cl.N[C@@H](c1ccc(OC(F)(F)F)c(Cl)c1)[C@H](O)Cc1ccccc1. The van der Waals surface area contributed by atoms with Gasteiger partial charge in [0.2, 0.25) is 0 Å². The molecule has 0 aliphatic heterocycles. The van der Waals surface area contributed by atoms with Crippen LogP contribution in [-0.2, 0) is 6.42 Å². The highest BCUT2D eigenvalue weighted by atomic mass is 35.5. The first-order valence-corrected chi connectivity index (χ1v) is 7.17. The molecule has 2 aromatic rings. The Bertz CT molecular complexity index is 654. The number of benzene rings is 2. The lowest BCUT2D eigenvalue weighted by molar-refractivity contribution is -0.274. The number of rotatable bonds is 5. The van der Waals surface area contributed by atoms with Gasteiger partial charge < -0.3 is 15.6 Å². The van der Waals surface area contributed by atoms with Gasteiger partial charge in [0.1, 0.15) is 5.75 Å². The van der Waals surface area contributed by atoms with Gasteiger partial charge in [0.15, 0.2) is 0 Å². The fraction of sp³-hybridized carbons (Fsp3) is 0.250. The molecule has 132 valence electrons. The largest absolute Gasteiger partial charge is 0.573 e. The summed E-state index contributed by atoms with van der Waals surface area (Å²) in [6.07, 6.45) is -5.40. The summed E-state index contributed by atoms with van der Waals surface area (Å²) in [5.74, 6) is -0.507. The van der Waals surface area contributed by atoms with Gasteiger partial charge in [0.25, 0.3) is 0 Å². The third-order valence-electron chi connectivity index (χ3n) is 3.27. The summed E-state index contributed by atoms with van der Waals surface area (Å²) in [4.78, 5) is 0. The van der Waals surface area contributed by atoms with Crippen molar-refractivity contribution in [1.82, 2.24) is 0 Å². The normalized spacial score (nSPS) is 13.8.